The second kappa shape index (κ2) is 16.1. The highest BCUT2D eigenvalue weighted by molar-refractivity contribution is 6.10. The molecule has 1 atom stereocenters. The molecule has 1 aliphatic carbocycles. The van der Waals surface area contributed by atoms with E-state index in [2.05, 4.69) is 39.1 Å². The van der Waals surface area contributed by atoms with Crippen LogP contribution in [0.25, 0.3) is 22.3 Å². The highest BCUT2D eigenvalue weighted by atomic mass is 16.7. The van der Waals surface area contributed by atoms with Gasteiger partial charge in [0, 0.05) is 62.1 Å². The first kappa shape index (κ1) is 41.3. The van der Waals surface area contributed by atoms with E-state index in [1.54, 1.807) is 35.6 Å². The molecule has 4 aliphatic heterocycles. The minimum atomic E-state index is -0.910. The first-order valence-electron chi connectivity index (χ1n) is 22.0. The van der Waals surface area contributed by atoms with Gasteiger partial charge in [0.1, 0.15) is 34.9 Å². The second-order valence-electron chi connectivity index (χ2n) is 18.6. The molecule has 0 spiro atoms. The van der Waals surface area contributed by atoms with Crippen LogP contribution in [0.2, 0.25) is 0 Å². The normalized spacial score (nSPS) is 19.2. The first-order valence-corrected chi connectivity index (χ1v) is 22.0. The molecule has 0 bridgehead atoms. The number of rotatable bonds is 12. The highest BCUT2D eigenvalue weighted by Gasteiger charge is 2.44. The maximum atomic E-state index is 14.6. The molecule has 7 heterocycles. The van der Waals surface area contributed by atoms with Gasteiger partial charge in [-0.05, 0) is 87.4 Å². The van der Waals surface area contributed by atoms with Gasteiger partial charge in [0.2, 0.25) is 18.6 Å². The fourth-order valence-electron chi connectivity index (χ4n) is 9.31. The fraction of sp³-hybridized carbons (Fsp3) is 0.438. The van der Waals surface area contributed by atoms with Gasteiger partial charge in [-0.25, -0.2) is 15.0 Å². The number of fused-ring (bicyclic) bond motifs is 3. The minimum absolute atomic E-state index is 0.0456. The molecule has 10 rings (SSSR count). The Kier molecular flexibility index (Phi) is 10.4. The van der Waals surface area contributed by atoms with E-state index in [1.807, 2.05) is 50.2 Å². The van der Waals surface area contributed by atoms with Gasteiger partial charge in [-0.1, -0.05) is 13.8 Å². The average molecular weight is 869 g/mol. The molecule has 5 aromatic rings. The van der Waals surface area contributed by atoms with Gasteiger partial charge < -0.3 is 38.9 Å². The Morgan fingerprint density at radius 3 is 2.50 bits per heavy atom. The number of carbonyl (C=O) groups is 3. The predicted octanol–water partition coefficient (Wildman–Crippen LogP) is 6.25. The monoisotopic (exact) mass is 868 g/mol. The summed E-state index contributed by atoms with van der Waals surface area (Å²) in [5.41, 5.74) is 4.83. The SMILES string of the molecule is COc1ccc(C2=NN(C3CCN(C(=O)[C@H](Cc4ccncc4)NC(=O)c4c[nH]c5c(-c6c(OCC7CC7)ccc7c6OCO7)ncnc45)CC3)C(=O)C(C)(C)C2)c2c1OC(C)(C)C2. The Hall–Kier alpha value is -6.71. The molecule has 5 aliphatic rings. The fourth-order valence-corrected chi connectivity index (χ4v) is 9.31. The van der Waals surface area contributed by atoms with Crippen molar-refractivity contribution in [3.8, 4) is 40.0 Å². The second-order valence-corrected chi connectivity index (χ2v) is 18.6. The van der Waals surface area contributed by atoms with E-state index in [-0.39, 0.29) is 36.6 Å². The molecule has 2 fully saturated rings. The van der Waals surface area contributed by atoms with Crippen LogP contribution in [0, 0.1) is 11.3 Å². The molecule has 3 aromatic heterocycles. The number of pyridine rings is 1. The molecule has 1 saturated carbocycles. The number of likely N-dealkylation sites (tertiary alicyclic amines) is 1. The van der Waals surface area contributed by atoms with Gasteiger partial charge >= 0.3 is 0 Å². The van der Waals surface area contributed by atoms with Crippen molar-refractivity contribution in [3.05, 3.63) is 83.6 Å². The number of hydrogen-bond acceptors (Lipinski definition) is 12. The van der Waals surface area contributed by atoms with Crippen molar-refractivity contribution in [2.75, 3.05) is 33.6 Å². The predicted molar refractivity (Wildman–Crippen MR) is 236 cm³/mol. The van der Waals surface area contributed by atoms with E-state index >= 15 is 0 Å². The largest absolute Gasteiger partial charge is 0.493 e. The highest BCUT2D eigenvalue weighted by Crippen LogP contribution is 2.49. The molecular weight excluding hydrogens is 817 g/mol. The van der Waals surface area contributed by atoms with E-state index < -0.39 is 23.0 Å². The van der Waals surface area contributed by atoms with Crippen LogP contribution in [0.15, 0.2) is 66.4 Å². The molecule has 3 amide bonds. The standard InChI is InChI=1S/C48H52N8O8/c1-47(2)22-34(30-8-9-36(60-5)42-31(30)21-48(3,4)64-42)54-56(46(47)59)29-14-18-55(19-15-29)45(58)33(20-27-12-16-49-17-13-27)53-44(57)32-23-50-41-39(32)51-25-52-40(41)38-35(61-24-28-6-7-28)10-11-37-43(38)63-26-62-37/h8-13,16-17,23,25,28-29,33,50H,6-7,14-15,18-22,24,26H2,1-5H3,(H,53,57)/t33-/m0/s1. The van der Waals surface area contributed by atoms with Gasteiger partial charge in [0.15, 0.2) is 23.0 Å². The van der Waals surface area contributed by atoms with Crippen molar-refractivity contribution in [2.24, 2.45) is 16.4 Å². The van der Waals surface area contributed by atoms with E-state index in [1.165, 1.54) is 6.33 Å². The van der Waals surface area contributed by atoms with Crippen molar-refractivity contribution >= 4 is 34.5 Å². The zero-order chi connectivity index (χ0) is 44.3. The molecule has 64 heavy (non-hydrogen) atoms. The van der Waals surface area contributed by atoms with Crippen molar-refractivity contribution in [3.63, 3.8) is 0 Å². The van der Waals surface area contributed by atoms with Crippen molar-refractivity contribution < 1.29 is 38.1 Å². The summed E-state index contributed by atoms with van der Waals surface area (Å²) in [6.07, 6.45) is 11.0. The number of aromatic nitrogens is 4. The van der Waals surface area contributed by atoms with Crippen molar-refractivity contribution in [2.45, 2.75) is 90.3 Å². The third-order valence-corrected chi connectivity index (χ3v) is 12.9. The number of aromatic amines is 1. The smallest absolute Gasteiger partial charge is 0.255 e. The molecule has 16 heteroatoms. The Balaban J connectivity index is 0.888. The van der Waals surface area contributed by atoms with E-state index in [0.29, 0.717) is 96.6 Å². The van der Waals surface area contributed by atoms with Gasteiger partial charge in [0.05, 0.1) is 47.5 Å². The maximum absolute atomic E-state index is 14.6. The van der Waals surface area contributed by atoms with Crippen LogP contribution in [-0.4, -0.2) is 105 Å². The van der Waals surface area contributed by atoms with Crippen LogP contribution >= 0.6 is 0 Å². The van der Waals surface area contributed by atoms with Gasteiger partial charge in [-0.2, -0.15) is 5.10 Å². The number of benzene rings is 2. The lowest BCUT2D eigenvalue weighted by molar-refractivity contribution is -0.145. The minimum Gasteiger partial charge on any atom is -0.493 e. The van der Waals surface area contributed by atoms with E-state index in [4.69, 9.17) is 28.8 Å². The van der Waals surface area contributed by atoms with Crippen LogP contribution in [0.5, 0.6) is 28.7 Å². The van der Waals surface area contributed by atoms with Crippen LogP contribution < -0.4 is 29.0 Å². The Labute approximate surface area is 370 Å². The zero-order valence-corrected chi connectivity index (χ0v) is 36.7. The number of nitrogens with zero attached hydrogens (tertiary/aromatic N) is 6. The zero-order valence-electron chi connectivity index (χ0n) is 36.7. The Bertz CT molecular complexity index is 2680. The Morgan fingerprint density at radius 1 is 0.953 bits per heavy atom. The lowest BCUT2D eigenvalue weighted by Crippen LogP contribution is -2.55. The van der Waals surface area contributed by atoms with Crippen LogP contribution in [0.1, 0.15) is 86.8 Å². The number of hydrazone groups is 1. The van der Waals surface area contributed by atoms with E-state index in [0.717, 1.165) is 41.0 Å². The van der Waals surface area contributed by atoms with Crippen molar-refractivity contribution in [1.82, 2.24) is 35.2 Å². The average Bonchev–Trinajstić information content (AvgIpc) is 3.64. The molecule has 2 N–H and O–H groups in total. The lowest BCUT2D eigenvalue weighted by Gasteiger charge is -2.42. The topological polar surface area (TPSA) is 183 Å². The number of piperidine rings is 1. The molecule has 16 nitrogen and oxygen atoms in total. The summed E-state index contributed by atoms with van der Waals surface area (Å²) >= 11 is 0. The van der Waals surface area contributed by atoms with Gasteiger partial charge in [-0.3, -0.25) is 19.4 Å². The van der Waals surface area contributed by atoms with Crippen LogP contribution in [-0.2, 0) is 22.4 Å². The quantitative estimate of drug-likeness (QED) is 0.145. The number of nitrogens with one attached hydrogen (secondary N) is 2. The van der Waals surface area contributed by atoms with Gasteiger partial charge in [-0.15, -0.1) is 0 Å². The van der Waals surface area contributed by atoms with Gasteiger partial charge in [0.25, 0.3) is 5.91 Å². The summed E-state index contributed by atoms with van der Waals surface area (Å²) < 4.78 is 29.9. The third-order valence-electron chi connectivity index (χ3n) is 12.9. The lowest BCUT2D eigenvalue weighted by atomic mass is 9.80. The molecule has 332 valence electrons. The summed E-state index contributed by atoms with van der Waals surface area (Å²) in [7, 11) is 1.64. The first-order chi connectivity index (χ1) is 30.9. The number of ether oxygens (including phenoxy) is 5. The van der Waals surface area contributed by atoms with Crippen molar-refractivity contribution in [1.29, 1.82) is 0 Å². The number of hydrogen-bond donors (Lipinski definition) is 2. The number of methoxy groups -OCH3 is 1. The molecular formula is C48H52N8O8. The summed E-state index contributed by atoms with van der Waals surface area (Å²) in [4.78, 5) is 61.3. The summed E-state index contributed by atoms with van der Waals surface area (Å²) in [5.74, 6) is 2.87. The third kappa shape index (κ3) is 7.72. The summed E-state index contributed by atoms with van der Waals surface area (Å²) in [6.45, 7) is 9.43. The molecule has 0 unspecified atom stereocenters. The number of amides is 3. The summed E-state index contributed by atoms with van der Waals surface area (Å²) in [6, 6.07) is 10.1. The Morgan fingerprint density at radius 2 is 1.73 bits per heavy atom. The molecule has 0 radical (unpaired) electrons. The molecule has 1 saturated heterocycles. The van der Waals surface area contributed by atoms with Crippen LogP contribution in [0.4, 0.5) is 0 Å². The maximum Gasteiger partial charge on any atom is 0.255 e. The number of H-pyrrole nitrogens is 1. The van der Waals surface area contributed by atoms with Crippen LogP contribution in [0.3, 0.4) is 0 Å². The number of carbonyl (C=O) groups excluding carboxylic acids is 3. The summed E-state index contributed by atoms with van der Waals surface area (Å²) in [5, 5.41) is 9.77. The molecule has 2 aromatic carbocycles. The van der Waals surface area contributed by atoms with E-state index in [9.17, 15) is 14.4 Å².